The number of anilines is 2. The van der Waals surface area contributed by atoms with Crippen molar-refractivity contribution in [3.63, 3.8) is 0 Å². The minimum Gasteiger partial charge on any atom is -0.370 e. The maximum atomic E-state index is 4.81. The van der Waals surface area contributed by atoms with Gasteiger partial charge >= 0.3 is 0 Å². The summed E-state index contributed by atoms with van der Waals surface area (Å²) in [5.41, 5.74) is 1.19. The number of aryl methyl sites for hydroxylation is 1. The van der Waals surface area contributed by atoms with Gasteiger partial charge < -0.3 is 10.2 Å². The van der Waals surface area contributed by atoms with E-state index in [1.54, 1.807) is 0 Å². The summed E-state index contributed by atoms with van der Waals surface area (Å²) in [4.78, 5) is 11.9. The van der Waals surface area contributed by atoms with Crippen LogP contribution in [-0.4, -0.2) is 29.1 Å². The van der Waals surface area contributed by atoms with Gasteiger partial charge in [-0.25, -0.2) is 9.97 Å². The maximum absolute atomic E-state index is 4.81. The molecule has 1 saturated heterocycles. The molecule has 2 heterocycles. The fraction of sp³-hybridized carbons (Fsp3) is 0.733. The molecule has 0 spiro atoms. The smallest absolute Gasteiger partial charge is 0.137 e. The summed E-state index contributed by atoms with van der Waals surface area (Å²) in [6.45, 7) is 10.7. The van der Waals surface area contributed by atoms with E-state index >= 15 is 0 Å². The summed E-state index contributed by atoms with van der Waals surface area (Å²) in [5, 5.41) is 3.38. The Morgan fingerprint density at radius 3 is 2.68 bits per heavy atom. The van der Waals surface area contributed by atoms with Crippen molar-refractivity contribution in [3.05, 3.63) is 11.4 Å². The van der Waals surface area contributed by atoms with E-state index in [0.717, 1.165) is 43.4 Å². The molecule has 1 unspecified atom stereocenters. The first-order valence-electron chi connectivity index (χ1n) is 7.55. The van der Waals surface area contributed by atoms with E-state index in [0.29, 0.717) is 6.04 Å². The highest BCUT2D eigenvalue weighted by Crippen LogP contribution is 2.29. The lowest BCUT2D eigenvalue weighted by Gasteiger charge is -2.26. The molecule has 0 radical (unpaired) electrons. The Morgan fingerprint density at radius 2 is 2.11 bits per heavy atom. The number of hydrogen-bond donors (Lipinski definition) is 1. The largest absolute Gasteiger partial charge is 0.370 e. The third-order valence-electron chi connectivity index (χ3n) is 3.81. The van der Waals surface area contributed by atoms with Crippen LogP contribution in [0.15, 0.2) is 0 Å². The van der Waals surface area contributed by atoms with Crippen LogP contribution in [-0.2, 0) is 6.42 Å². The fourth-order valence-electron chi connectivity index (χ4n) is 2.75. The number of aromatic nitrogens is 2. The predicted octanol–water partition coefficient (Wildman–Crippen LogP) is 3.16. The highest BCUT2D eigenvalue weighted by molar-refractivity contribution is 5.59. The Hall–Kier alpha value is -1.32. The van der Waals surface area contributed by atoms with Crippen LogP contribution in [0.1, 0.15) is 51.4 Å². The van der Waals surface area contributed by atoms with E-state index in [1.807, 2.05) is 0 Å². The molecule has 1 aromatic heterocycles. The highest BCUT2D eigenvalue weighted by Gasteiger charge is 2.24. The highest BCUT2D eigenvalue weighted by atomic mass is 15.2. The van der Waals surface area contributed by atoms with Crippen LogP contribution >= 0.6 is 0 Å². The number of rotatable bonds is 5. The molecular weight excluding hydrogens is 236 g/mol. The van der Waals surface area contributed by atoms with E-state index < -0.39 is 0 Å². The number of nitrogens with one attached hydrogen (secondary N) is 1. The van der Waals surface area contributed by atoms with Crippen LogP contribution in [0.25, 0.3) is 0 Å². The molecular formula is C15H26N4. The molecule has 0 amide bonds. The molecule has 1 aliphatic heterocycles. The quantitative estimate of drug-likeness (QED) is 0.885. The SMILES string of the molecule is CCCc1nc(NCC)c(C)c(N2CCCC2C)n1. The standard InChI is InChI=1S/C15H26N4/c1-5-8-13-17-14(16-6-2)12(4)15(18-13)19-10-7-9-11(19)3/h11H,5-10H2,1-4H3,(H,16,17,18). The number of nitrogens with zero attached hydrogens (tertiary/aromatic N) is 3. The maximum Gasteiger partial charge on any atom is 0.137 e. The van der Waals surface area contributed by atoms with Gasteiger partial charge in [0.15, 0.2) is 0 Å². The first-order valence-corrected chi connectivity index (χ1v) is 7.55. The van der Waals surface area contributed by atoms with E-state index in [2.05, 4.69) is 42.9 Å². The molecule has 4 heteroatoms. The zero-order valence-electron chi connectivity index (χ0n) is 12.7. The summed E-state index contributed by atoms with van der Waals surface area (Å²) in [5.74, 6) is 3.12. The third kappa shape index (κ3) is 2.99. The molecule has 2 rings (SSSR count). The van der Waals surface area contributed by atoms with Gasteiger partial charge in [0.25, 0.3) is 0 Å². The summed E-state index contributed by atoms with van der Waals surface area (Å²) in [6, 6.07) is 0.595. The lowest BCUT2D eigenvalue weighted by molar-refractivity contribution is 0.716. The van der Waals surface area contributed by atoms with Gasteiger partial charge in [-0.3, -0.25) is 0 Å². The molecule has 0 aromatic carbocycles. The second kappa shape index (κ2) is 6.22. The normalized spacial score (nSPS) is 18.9. The molecule has 1 aromatic rings. The van der Waals surface area contributed by atoms with E-state index in [9.17, 15) is 0 Å². The minimum atomic E-state index is 0.595. The molecule has 0 saturated carbocycles. The Kier molecular flexibility index (Phi) is 4.61. The van der Waals surface area contributed by atoms with Gasteiger partial charge in [-0.2, -0.15) is 0 Å². The van der Waals surface area contributed by atoms with Gasteiger partial charge in [0.2, 0.25) is 0 Å². The Bertz CT molecular complexity index is 430. The Balaban J connectivity index is 2.39. The van der Waals surface area contributed by atoms with Crippen molar-refractivity contribution in [3.8, 4) is 0 Å². The average Bonchev–Trinajstić information content (AvgIpc) is 2.80. The lowest BCUT2D eigenvalue weighted by Crippen LogP contribution is -2.29. The molecule has 1 N–H and O–H groups in total. The van der Waals surface area contributed by atoms with E-state index in [1.165, 1.54) is 18.4 Å². The van der Waals surface area contributed by atoms with Gasteiger partial charge in [-0.05, 0) is 40.0 Å². The first-order chi connectivity index (χ1) is 9.17. The van der Waals surface area contributed by atoms with Crippen LogP contribution in [0.3, 0.4) is 0 Å². The average molecular weight is 262 g/mol. The van der Waals surface area contributed by atoms with Crippen LogP contribution < -0.4 is 10.2 Å². The van der Waals surface area contributed by atoms with E-state index in [4.69, 9.17) is 4.98 Å². The molecule has 1 aliphatic rings. The molecule has 1 fully saturated rings. The first kappa shape index (κ1) is 14.1. The van der Waals surface area contributed by atoms with Crippen molar-refractivity contribution < 1.29 is 0 Å². The minimum absolute atomic E-state index is 0.595. The Morgan fingerprint density at radius 1 is 1.32 bits per heavy atom. The van der Waals surface area contributed by atoms with E-state index in [-0.39, 0.29) is 0 Å². The van der Waals surface area contributed by atoms with Gasteiger partial charge in [0, 0.05) is 31.1 Å². The zero-order valence-corrected chi connectivity index (χ0v) is 12.7. The van der Waals surface area contributed by atoms with Crippen molar-refractivity contribution in [2.45, 2.75) is 59.4 Å². The summed E-state index contributed by atoms with van der Waals surface area (Å²) >= 11 is 0. The molecule has 19 heavy (non-hydrogen) atoms. The molecule has 106 valence electrons. The monoisotopic (exact) mass is 262 g/mol. The van der Waals surface area contributed by atoms with Gasteiger partial charge in [-0.1, -0.05) is 6.92 Å². The molecule has 0 aliphatic carbocycles. The fourth-order valence-corrected chi connectivity index (χ4v) is 2.75. The topological polar surface area (TPSA) is 41.1 Å². The summed E-state index contributed by atoms with van der Waals surface area (Å²) < 4.78 is 0. The molecule has 0 bridgehead atoms. The van der Waals surface area contributed by atoms with Crippen molar-refractivity contribution in [2.75, 3.05) is 23.3 Å². The molecule has 4 nitrogen and oxygen atoms in total. The lowest BCUT2D eigenvalue weighted by atomic mass is 10.2. The van der Waals surface area contributed by atoms with Crippen LogP contribution in [0.4, 0.5) is 11.6 Å². The number of hydrogen-bond acceptors (Lipinski definition) is 4. The zero-order chi connectivity index (χ0) is 13.8. The van der Waals surface area contributed by atoms with Crippen LogP contribution in [0.2, 0.25) is 0 Å². The third-order valence-corrected chi connectivity index (χ3v) is 3.81. The van der Waals surface area contributed by atoms with Gasteiger partial charge in [0.1, 0.15) is 17.5 Å². The second-order valence-corrected chi connectivity index (χ2v) is 5.40. The summed E-state index contributed by atoms with van der Waals surface area (Å²) in [7, 11) is 0. The molecule has 1 atom stereocenters. The summed E-state index contributed by atoms with van der Waals surface area (Å²) in [6.07, 6.45) is 4.57. The van der Waals surface area contributed by atoms with Crippen molar-refractivity contribution >= 4 is 11.6 Å². The van der Waals surface area contributed by atoms with Crippen molar-refractivity contribution in [2.24, 2.45) is 0 Å². The predicted molar refractivity (Wildman–Crippen MR) is 81.0 cm³/mol. The van der Waals surface area contributed by atoms with Crippen molar-refractivity contribution in [1.29, 1.82) is 0 Å². The van der Waals surface area contributed by atoms with Gasteiger partial charge in [-0.15, -0.1) is 0 Å². The van der Waals surface area contributed by atoms with Crippen molar-refractivity contribution in [1.82, 2.24) is 9.97 Å². The second-order valence-electron chi connectivity index (χ2n) is 5.40. The Labute approximate surface area is 116 Å². The van der Waals surface area contributed by atoms with Gasteiger partial charge in [0.05, 0.1) is 0 Å². The van der Waals surface area contributed by atoms with Crippen LogP contribution in [0, 0.1) is 6.92 Å². The van der Waals surface area contributed by atoms with Crippen LogP contribution in [0.5, 0.6) is 0 Å².